The zero-order valence-electron chi connectivity index (χ0n) is 16.2. The van der Waals surface area contributed by atoms with Gasteiger partial charge in [-0.3, -0.25) is 4.79 Å². The Balaban J connectivity index is 1.73. The lowest BCUT2D eigenvalue weighted by molar-refractivity contribution is -0.274. The Labute approximate surface area is 180 Å². The molecular weight excluding hydrogens is 429 g/mol. The topological polar surface area (TPSA) is 76.1 Å². The van der Waals surface area contributed by atoms with Crippen LogP contribution in [0.4, 0.5) is 30.5 Å². The number of ether oxygens (including phenoxy) is 1. The van der Waals surface area contributed by atoms with Gasteiger partial charge >= 0.3 is 6.36 Å². The molecule has 0 bridgehead atoms. The van der Waals surface area contributed by atoms with E-state index < -0.39 is 6.36 Å². The maximum absolute atomic E-state index is 12.4. The Hall–Kier alpha value is -3.53. The lowest BCUT2D eigenvalue weighted by atomic mass is 10.3. The molecule has 10 heteroatoms. The van der Waals surface area contributed by atoms with E-state index in [1.807, 2.05) is 19.1 Å². The van der Waals surface area contributed by atoms with E-state index >= 15 is 0 Å². The van der Waals surface area contributed by atoms with Crippen LogP contribution >= 0.6 is 11.8 Å². The molecule has 6 nitrogen and oxygen atoms in total. The minimum absolute atomic E-state index is 0.229. The summed E-state index contributed by atoms with van der Waals surface area (Å²) >= 11 is 1.39. The molecule has 0 radical (unpaired) electrons. The van der Waals surface area contributed by atoms with Crippen molar-refractivity contribution in [2.45, 2.75) is 23.2 Å². The molecule has 0 atom stereocenters. The largest absolute Gasteiger partial charge is 0.573 e. The van der Waals surface area contributed by atoms with Crippen LogP contribution in [0.3, 0.4) is 0 Å². The molecular formula is C21H17F3N4O2S. The number of rotatable bonds is 7. The Morgan fingerprint density at radius 3 is 2.58 bits per heavy atom. The molecule has 0 spiro atoms. The Morgan fingerprint density at radius 1 is 1.16 bits per heavy atom. The van der Waals surface area contributed by atoms with Crippen LogP contribution in [0.5, 0.6) is 5.75 Å². The number of aryl methyl sites for hydroxylation is 1. The van der Waals surface area contributed by atoms with E-state index in [1.54, 1.807) is 24.4 Å². The van der Waals surface area contributed by atoms with Gasteiger partial charge < -0.3 is 15.4 Å². The smallest absolute Gasteiger partial charge is 0.406 e. The van der Waals surface area contributed by atoms with Gasteiger partial charge in [0.05, 0.1) is 0 Å². The average Bonchev–Trinajstić information content (AvgIpc) is 2.71. The van der Waals surface area contributed by atoms with Crippen molar-refractivity contribution in [2.75, 3.05) is 10.6 Å². The molecule has 0 fully saturated rings. The van der Waals surface area contributed by atoms with E-state index in [-0.39, 0.29) is 17.6 Å². The zero-order valence-corrected chi connectivity index (χ0v) is 17.1. The van der Waals surface area contributed by atoms with E-state index in [9.17, 15) is 18.0 Å². The van der Waals surface area contributed by atoms with Gasteiger partial charge in [-0.2, -0.15) is 0 Å². The standard InChI is InChI=1S/C21H17F3N4O2S/c1-3-18(29)26-14-7-9-17(10-8-14)31-19-13(2)12-25-20(28-19)27-15-5-4-6-16(11-15)30-21(22,23)24/h3-12H,1H2,2H3,(H,26,29)(H,25,27,28). The normalized spacial score (nSPS) is 11.0. The van der Waals surface area contributed by atoms with Gasteiger partial charge in [0, 0.05) is 34.1 Å². The first-order valence-corrected chi connectivity index (χ1v) is 9.71. The molecule has 160 valence electrons. The highest BCUT2D eigenvalue weighted by Crippen LogP contribution is 2.31. The predicted octanol–water partition coefficient (Wildman–Crippen LogP) is 5.70. The van der Waals surface area contributed by atoms with E-state index in [4.69, 9.17) is 0 Å². The Bertz CT molecular complexity index is 1090. The second kappa shape index (κ2) is 9.52. The van der Waals surface area contributed by atoms with Gasteiger partial charge in [-0.05, 0) is 49.4 Å². The van der Waals surface area contributed by atoms with Crippen LogP contribution in [0.25, 0.3) is 0 Å². The van der Waals surface area contributed by atoms with Crippen molar-refractivity contribution >= 4 is 35.0 Å². The second-order valence-electron chi connectivity index (χ2n) is 6.20. The molecule has 3 aromatic rings. The van der Waals surface area contributed by atoms with Crippen LogP contribution < -0.4 is 15.4 Å². The Kier molecular flexibility index (Phi) is 6.81. The van der Waals surface area contributed by atoms with Crippen LogP contribution in [0.15, 0.2) is 77.3 Å². The summed E-state index contributed by atoms with van der Waals surface area (Å²) in [5.41, 5.74) is 1.81. The monoisotopic (exact) mass is 446 g/mol. The van der Waals surface area contributed by atoms with Gasteiger partial charge in [-0.1, -0.05) is 24.4 Å². The lowest BCUT2D eigenvalue weighted by Gasteiger charge is -2.12. The zero-order chi connectivity index (χ0) is 22.4. The summed E-state index contributed by atoms with van der Waals surface area (Å²) in [6.45, 7) is 5.25. The van der Waals surface area contributed by atoms with Crippen molar-refractivity contribution in [3.05, 3.63) is 72.9 Å². The lowest BCUT2D eigenvalue weighted by Crippen LogP contribution is -2.17. The minimum atomic E-state index is -4.77. The molecule has 0 aliphatic carbocycles. The van der Waals surface area contributed by atoms with Gasteiger partial charge in [-0.15, -0.1) is 13.2 Å². The molecule has 31 heavy (non-hydrogen) atoms. The summed E-state index contributed by atoms with van der Waals surface area (Å²) in [7, 11) is 0. The number of nitrogens with zero attached hydrogens (tertiary/aromatic N) is 2. The molecule has 1 amide bonds. The van der Waals surface area contributed by atoms with Crippen LogP contribution in [0.1, 0.15) is 5.56 Å². The van der Waals surface area contributed by atoms with Gasteiger partial charge in [-0.25, -0.2) is 9.97 Å². The van der Waals surface area contributed by atoms with Crippen LogP contribution in [-0.2, 0) is 4.79 Å². The van der Waals surface area contributed by atoms with Crippen molar-refractivity contribution in [3.8, 4) is 5.75 Å². The number of hydrogen-bond donors (Lipinski definition) is 2. The van der Waals surface area contributed by atoms with E-state index in [2.05, 4.69) is 31.9 Å². The van der Waals surface area contributed by atoms with Crippen molar-refractivity contribution in [1.29, 1.82) is 0 Å². The van der Waals surface area contributed by atoms with Gasteiger partial charge in [0.15, 0.2) is 0 Å². The third-order valence-electron chi connectivity index (χ3n) is 3.77. The number of hydrogen-bond acceptors (Lipinski definition) is 6. The number of anilines is 3. The molecule has 0 saturated carbocycles. The van der Waals surface area contributed by atoms with Crippen molar-refractivity contribution in [1.82, 2.24) is 9.97 Å². The third kappa shape index (κ3) is 6.75. The number of aromatic nitrogens is 2. The number of amides is 1. The summed E-state index contributed by atoms with van der Waals surface area (Å²) in [6, 6.07) is 12.6. The van der Waals surface area contributed by atoms with Crippen LogP contribution in [0, 0.1) is 6.92 Å². The highest BCUT2D eigenvalue weighted by molar-refractivity contribution is 7.99. The molecule has 2 N–H and O–H groups in total. The average molecular weight is 446 g/mol. The first-order chi connectivity index (χ1) is 14.7. The first kappa shape index (κ1) is 22.2. The number of alkyl halides is 3. The molecule has 1 heterocycles. The summed E-state index contributed by atoms with van der Waals surface area (Å²) in [4.78, 5) is 20.9. The van der Waals surface area contributed by atoms with Crippen molar-refractivity contribution in [3.63, 3.8) is 0 Å². The molecule has 0 unspecified atom stereocenters. The summed E-state index contributed by atoms with van der Waals surface area (Å²) < 4.78 is 41.2. The first-order valence-electron chi connectivity index (χ1n) is 8.89. The summed E-state index contributed by atoms with van der Waals surface area (Å²) in [5, 5.41) is 6.22. The molecule has 0 aliphatic heterocycles. The predicted molar refractivity (Wildman–Crippen MR) is 113 cm³/mol. The number of nitrogens with one attached hydrogen (secondary N) is 2. The van der Waals surface area contributed by atoms with Gasteiger partial charge in [0.25, 0.3) is 0 Å². The maximum atomic E-state index is 12.4. The second-order valence-corrected chi connectivity index (χ2v) is 7.26. The number of carbonyl (C=O) groups is 1. The molecule has 3 rings (SSSR count). The van der Waals surface area contributed by atoms with Crippen molar-refractivity contribution in [2.24, 2.45) is 0 Å². The van der Waals surface area contributed by atoms with Crippen molar-refractivity contribution < 1.29 is 22.7 Å². The van der Waals surface area contributed by atoms with Crippen LogP contribution in [0.2, 0.25) is 0 Å². The summed E-state index contributed by atoms with van der Waals surface area (Å²) in [6.07, 6.45) is -1.97. The van der Waals surface area contributed by atoms with E-state index in [0.29, 0.717) is 16.4 Å². The minimum Gasteiger partial charge on any atom is -0.406 e. The highest BCUT2D eigenvalue weighted by atomic mass is 32.2. The van der Waals surface area contributed by atoms with Crippen LogP contribution in [-0.4, -0.2) is 22.2 Å². The van der Waals surface area contributed by atoms with Gasteiger partial charge in [0.1, 0.15) is 10.8 Å². The Morgan fingerprint density at radius 2 is 1.90 bits per heavy atom. The molecule has 0 aliphatic rings. The van der Waals surface area contributed by atoms with Gasteiger partial charge in [0.2, 0.25) is 11.9 Å². The fourth-order valence-electron chi connectivity index (χ4n) is 2.40. The fourth-order valence-corrected chi connectivity index (χ4v) is 3.24. The number of halogens is 3. The number of carbonyl (C=O) groups excluding carboxylic acids is 1. The maximum Gasteiger partial charge on any atom is 0.573 e. The molecule has 0 saturated heterocycles. The van der Waals surface area contributed by atoms with E-state index in [1.165, 1.54) is 36.0 Å². The molecule has 2 aromatic carbocycles. The third-order valence-corrected chi connectivity index (χ3v) is 4.89. The number of benzene rings is 2. The summed E-state index contributed by atoms with van der Waals surface area (Å²) in [5.74, 6) is -0.414. The van der Waals surface area contributed by atoms with E-state index in [0.717, 1.165) is 10.5 Å². The fraction of sp³-hybridized carbons (Fsp3) is 0.0952. The molecule has 1 aromatic heterocycles. The SMILES string of the molecule is C=CC(=O)Nc1ccc(Sc2nc(Nc3cccc(OC(F)(F)F)c3)ncc2C)cc1. The highest BCUT2D eigenvalue weighted by Gasteiger charge is 2.31. The quantitative estimate of drug-likeness (QED) is 0.358.